The third-order valence-electron chi connectivity index (χ3n) is 6.76. The fourth-order valence-electron chi connectivity index (χ4n) is 4.71. The Bertz CT molecular complexity index is 1530. The van der Waals surface area contributed by atoms with Gasteiger partial charge in [0.2, 0.25) is 10.0 Å². The molecule has 0 bridgehead atoms. The number of piperidine rings is 1. The molecule has 1 aromatic carbocycles. The van der Waals surface area contributed by atoms with Crippen molar-refractivity contribution in [1.82, 2.24) is 23.9 Å². The van der Waals surface area contributed by atoms with Crippen LogP contribution in [0.25, 0.3) is 16.9 Å². The number of hydrogen-bond acceptors (Lipinski definition) is 9. The number of sulfonamides is 1. The van der Waals surface area contributed by atoms with Gasteiger partial charge in [-0.15, -0.1) is 11.3 Å². The first kappa shape index (κ1) is 26.6. The molecule has 10 nitrogen and oxygen atoms in total. The predicted molar refractivity (Wildman–Crippen MR) is 143 cm³/mol. The molecule has 1 aliphatic rings. The highest BCUT2D eigenvalue weighted by Gasteiger charge is 2.28. The molecular formula is C25H29FN6O4S2. The first-order valence-corrected chi connectivity index (χ1v) is 15.0. The van der Waals surface area contributed by atoms with Crippen LogP contribution in [0.2, 0.25) is 0 Å². The number of benzene rings is 1. The Morgan fingerprint density at radius 3 is 2.50 bits per heavy atom. The van der Waals surface area contributed by atoms with Gasteiger partial charge in [0.05, 0.1) is 23.3 Å². The summed E-state index contributed by atoms with van der Waals surface area (Å²) in [6.45, 7) is 0.898. The molecule has 4 heterocycles. The summed E-state index contributed by atoms with van der Waals surface area (Å²) in [6.07, 6.45) is 1.53. The van der Waals surface area contributed by atoms with Crippen LogP contribution in [0, 0.1) is 5.82 Å². The molecule has 3 aromatic heterocycles. The number of nitrogens with zero attached hydrogens (tertiary/aromatic N) is 6. The number of fused-ring (bicyclic) bond motifs is 1. The molecule has 1 aliphatic heterocycles. The maximum atomic E-state index is 13.4. The molecule has 4 aromatic rings. The Balaban J connectivity index is 1.49. The SMILES string of the molecule is CN(c1nc(-c2ccc(F)cc2)cs1)c1c(CCC(O)O)nc2ccc(C3CCN(S(C)(=O)=O)CC3)nn12. The number of hydrogen-bond donors (Lipinski definition) is 2. The number of rotatable bonds is 8. The highest BCUT2D eigenvalue weighted by molar-refractivity contribution is 7.88. The van der Waals surface area contributed by atoms with E-state index in [9.17, 15) is 23.0 Å². The highest BCUT2D eigenvalue weighted by Crippen LogP contribution is 2.35. The van der Waals surface area contributed by atoms with Crippen LogP contribution in [0.1, 0.15) is 36.6 Å². The number of anilines is 2. The van der Waals surface area contributed by atoms with E-state index in [4.69, 9.17) is 15.1 Å². The van der Waals surface area contributed by atoms with Crippen LogP contribution in [0.4, 0.5) is 15.3 Å². The Morgan fingerprint density at radius 2 is 1.84 bits per heavy atom. The Morgan fingerprint density at radius 1 is 1.13 bits per heavy atom. The third kappa shape index (κ3) is 5.57. The minimum atomic E-state index is -3.22. The first-order valence-electron chi connectivity index (χ1n) is 12.2. The van der Waals surface area contributed by atoms with Crippen molar-refractivity contribution in [2.75, 3.05) is 31.3 Å². The molecule has 0 spiro atoms. The maximum Gasteiger partial charge on any atom is 0.211 e. The minimum Gasteiger partial charge on any atom is -0.368 e. The van der Waals surface area contributed by atoms with Crippen molar-refractivity contribution in [2.45, 2.75) is 37.9 Å². The van der Waals surface area contributed by atoms with E-state index in [1.54, 1.807) is 16.6 Å². The van der Waals surface area contributed by atoms with E-state index < -0.39 is 16.3 Å². The average molecular weight is 561 g/mol. The van der Waals surface area contributed by atoms with Crippen LogP contribution in [0.15, 0.2) is 41.8 Å². The van der Waals surface area contributed by atoms with E-state index >= 15 is 0 Å². The lowest BCUT2D eigenvalue weighted by Crippen LogP contribution is -2.37. The largest absolute Gasteiger partial charge is 0.368 e. The van der Waals surface area contributed by atoms with Crippen LogP contribution < -0.4 is 4.90 Å². The van der Waals surface area contributed by atoms with Crippen molar-refractivity contribution in [2.24, 2.45) is 0 Å². The summed E-state index contributed by atoms with van der Waals surface area (Å²) in [5.41, 5.74) is 3.62. The van der Waals surface area contributed by atoms with Gasteiger partial charge in [-0.25, -0.2) is 27.1 Å². The van der Waals surface area contributed by atoms with E-state index in [0.717, 1.165) is 11.3 Å². The Labute approximate surface area is 224 Å². The quantitative estimate of drug-likeness (QED) is 0.315. The molecule has 202 valence electrons. The monoisotopic (exact) mass is 560 g/mol. The minimum absolute atomic E-state index is 0.102. The fraction of sp³-hybridized carbons (Fsp3) is 0.400. The van der Waals surface area contributed by atoms with Gasteiger partial charge in [-0.05, 0) is 55.7 Å². The molecule has 0 saturated carbocycles. The lowest BCUT2D eigenvalue weighted by atomic mass is 9.94. The van der Waals surface area contributed by atoms with Crippen molar-refractivity contribution in [1.29, 1.82) is 0 Å². The summed E-state index contributed by atoms with van der Waals surface area (Å²) in [5.74, 6) is 0.452. The van der Waals surface area contributed by atoms with Crippen molar-refractivity contribution in [3.05, 3.63) is 59.0 Å². The average Bonchev–Trinajstić information content (AvgIpc) is 3.52. The number of aliphatic hydroxyl groups excluding tert-OH is 1. The van der Waals surface area contributed by atoms with Crippen LogP contribution in [-0.2, 0) is 16.4 Å². The molecule has 0 radical (unpaired) electrons. The molecule has 5 rings (SSSR count). The van der Waals surface area contributed by atoms with E-state index in [0.29, 0.717) is 60.3 Å². The van der Waals surface area contributed by atoms with Crippen LogP contribution in [0.3, 0.4) is 0 Å². The number of halogens is 1. The standard InChI is InChI=1S/C25H29FN6O4S2/c1-30(25-28-21(15-37-25)16-3-5-18(26)6-4-16)24-20(8-10-23(33)34)27-22-9-7-19(29-32(22)24)17-11-13-31(14-12-17)38(2,35)36/h3-7,9,15,17,23,33-34H,8,10-14H2,1-2H3. The van der Waals surface area contributed by atoms with E-state index in [1.807, 2.05) is 29.5 Å². The molecule has 0 atom stereocenters. The number of aliphatic hydroxyl groups is 2. The van der Waals surface area contributed by atoms with Crippen molar-refractivity contribution in [3.63, 3.8) is 0 Å². The fourth-order valence-corrected chi connectivity index (χ4v) is 6.39. The van der Waals surface area contributed by atoms with E-state index in [1.165, 1.54) is 34.0 Å². The zero-order valence-corrected chi connectivity index (χ0v) is 22.7. The number of aryl methyl sites for hydroxylation is 1. The van der Waals surface area contributed by atoms with Crippen molar-refractivity contribution in [3.8, 4) is 11.3 Å². The molecule has 13 heteroatoms. The van der Waals surface area contributed by atoms with Gasteiger partial charge in [-0.1, -0.05) is 0 Å². The molecule has 2 N–H and O–H groups in total. The highest BCUT2D eigenvalue weighted by atomic mass is 32.2. The van der Waals surface area contributed by atoms with Crippen molar-refractivity contribution < 1.29 is 23.0 Å². The second-order valence-corrected chi connectivity index (χ2v) is 12.3. The maximum absolute atomic E-state index is 13.4. The molecule has 0 unspecified atom stereocenters. The Hall–Kier alpha value is -2.97. The lowest BCUT2D eigenvalue weighted by molar-refractivity contribution is -0.0448. The molecule has 0 amide bonds. The van der Waals surface area contributed by atoms with Gasteiger partial charge in [0.1, 0.15) is 5.82 Å². The smallest absolute Gasteiger partial charge is 0.211 e. The Kier molecular flexibility index (Phi) is 7.47. The van der Waals surface area contributed by atoms with Crippen LogP contribution in [0.5, 0.6) is 0 Å². The second kappa shape index (κ2) is 10.7. The zero-order chi connectivity index (χ0) is 27.0. The molecule has 38 heavy (non-hydrogen) atoms. The summed E-state index contributed by atoms with van der Waals surface area (Å²) in [4.78, 5) is 11.3. The van der Waals surface area contributed by atoms with Gasteiger partial charge in [-0.3, -0.25) is 0 Å². The van der Waals surface area contributed by atoms with Gasteiger partial charge < -0.3 is 15.1 Å². The lowest BCUT2D eigenvalue weighted by Gasteiger charge is -2.29. The first-order chi connectivity index (χ1) is 18.1. The van der Waals surface area contributed by atoms with Crippen LogP contribution in [-0.4, -0.2) is 75.2 Å². The summed E-state index contributed by atoms with van der Waals surface area (Å²) >= 11 is 1.42. The van der Waals surface area contributed by atoms with Gasteiger partial charge in [0, 0.05) is 43.4 Å². The van der Waals surface area contributed by atoms with E-state index in [-0.39, 0.29) is 18.2 Å². The molecule has 1 fully saturated rings. The number of aromatic nitrogens is 4. The topological polar surface area (TPSA) is 124 Å². The number of thiazole rings is 1. The van der Waals surface area contributed by atoms with Crippen molar-refractivity contribution >= 4 is 38.0 Å². The number of imidazole rings is 1. The summed E-state index contributed by atoms with van der Waals surface area (Å²) in [5, 5.41) is 26.4. The summed E-state index contributed by atoms with van der Waals surface area (Å²) in [6, 6.07) is 9.96. The zero-order valence-electron chi connectivity index (χ0n) is 21.0. The normalized spacial score (nSPS) is 15.5. The summed E-state index contributed by atoms with van der Waals surface area (Å²) < 4.78 is 40.4. The third-order valence-corrected chi connectivity index (χ3v) is 8.98. The molecule has 1 saturated heterocycles. The van der Waals surface area contributed by atoms with Crippen LogP contribution >= 0.6 is 11.3 Å². The van der Waals surface area contributed by atoms with Gasteiger partial charge in [0.15, 0.2) is 22.9 Å². The van der Waals surface area contributed by atoms with E-state index in [2.05, 4.69) is 0 Å². The summed E-state index contributed by atoms with van der Waals surface area (Å²) in [7, 11) is -1.36. The molecular weight excluding hydrogens is 531 g/mol. The van der Waals surface area contributed by atoms with Gasteiger partial charge >= 0.3 is 0 Å². The van der Waals surface area contributed by atoms with Gasteiger partial charge in [0.25, 0.3) is 0 Å². The van der Waals surface area contributed by atoms with Gasteiger partial charge in [-0.2, -0.15) is 9.61 Å². The second-order valence-electron chi connectivity index (χ2n) is 9.45. The molecule has 0 aliphatic carbocycles. The predicted octanol–water partition coefficient (Wildman–Crippen LogP) is 3.14.